The molecule has 0 spiro atoms. The summed E-state index contributed by atoms with van der Waals surface area (Å²) in [7, 11) is 0. The number of nitrogens with one attached hydrogen (secondary N) is 1. The van der Waals surface area contributed by atoms with Gasteiger partial charge < -0.3 is 14.6 Å². The first-order valence-corrected chi connectivity index (χ1v) is 6.07. The molecule has 0 radical (unpaired) electrons. The summed E-state index contributed by atoms with van der Waals surface area (Å²) in [6.45, 7) is 6.08. The first kappa shape index (κ1) is 12.6. The first-order valence-electron chi connectivity index (χ1n) is 6.07. The summed E-state index contributed by atoms with van der Waals surface area (Å²) >= 11 is 0. The Labute approximate surface area is 107 Å². The van der Waals surface area contributed by atoms with Gasteiger partial charge in [-0.25, -0.2) is 0 Å². The first-order chi connectivity index (χ1) is 8.77. The Morgan fingerprint density at radius 3 is 2.67 bits per heavy atom. The molecule has 2 rings (SSSR count). The maximum absolute atomic E-state index is 5.58. The van der Waals surface area contributed by atoms with Gasteiger partial charge in [0, 0.05) is 18.7 Å². The van der Waals surface area contributed by atoms with Gasteiger partial charge in [0.05, 0.1) is 5.69 Å². The summed E-state index contributed by atoms with van der Waals surface area (Å²) in [5.41, 5.74) is 2.08. The van der Waals surface area contributed by atoms with Crippen LogP contribution < -0.4 is 10.1 Å². The molecule has 0 saturated carbocycles. The number of hydrogen-bond donors (Lipinski definition) is 1. The average molecular weight is 246 g/mol. The average Bonchev–Trinajstić information content (AvgIpc) is 2.71. The highest BCUT2D eigenvalue weighted by Crippen LogP contribution is 2.11. The van der Waals surface area contributed by atoms with Gasteiger partial charge in [0.15, 0.2) is 0 Å². The lowest BCUT2D eigenvalue weighted by Gasteiger charge is -2.07. The van der Waals surface area contributed by atoms with Crippen molar-refractivity contribution in [3.05, 3.63) is 47.3 Å². The third kappa shape index (κ3) is 3.34. The molecule has 4 nitrogen and oxygen atoms in total. The monoisotopic (exact) mass is 246 g/mol. The van der Waals surface area contributed by atoms with Crippen LogP contribution in [0.4, 0.5) is 0 Å². The van der Waals surface area contributed by atoms with Crippen molar-refractivity contribution in [2.75, 3.05) is 13.2 Å². The summed E-state index contributed by atoms with van der Waals surface area (Å²) in [5.74, 6) is 1.78. The normalized spacial score (nSPS) is 10.6. The Morgan fingerprint density at radius 2 is 2.00 bits per heavy atom. The van der Waals surface area contributed by atoms with Crippen molar-refractivity contribution in [1.82, 2.24) is 10.5 Å². The summed E-state index contributed by atoms with van der Waals surface area (Å²) in [6.07, 6.45) is 0. The Balaban J connectivity index is 1.68. The molecular weight excluding hydrogens is 228 g/mol. The molecule has 1 aromatic heterocycles. The van der Waals surface area contributed by atoms with E-state index < -0.39 is 0 Å². The molecular formula is C14H18N2O2. The van der Waals surface area contributed by atoms with Crippen LogP contribution in [-0.2, 0) is 6.54 Å². The zero-order valence-corrected chi connectivity index (χ0v) is 10.8. The van der Waals surface area contributed by atoms with Gasteiger partial charge in [-0.2, -0.15) is 0 Å². The molecule has 0 unspecified atom stereocenters. The van der Waals surface area contributed by atoms with Crippen LogP contribution in [0.25, 0.3) is 0 Å². The highest BCUT2D eigenvalue weighted by atomic mass is 16.5. The van der Waals surface area contributed by atoms with E-state index in [9.17, 15) is 0 Å². The largest absolute Gasteiger partial charge is 0.492 e. The number of aryl methyl sites for hydroxylation is 2. The van der Waals surface area contributed by atoms with Crippen LogP contribution in [0.3, 0.4) is 0 Å². The zero-order valence-electron chi connectivity index (χ0n) is 10.8. The predicted octanol–water partition coefficient (Wildman–Crippen LogP) is 2.46. The van der Waals surface area contributed by atoms with E-state index >= 15 is 0 Å². The van der Waals surface area contributed by atoms with Crippen molar-refractivity contribution >= 4 is 0 Å². The van der Waals surface area contributed by atoms with Crippen molar-refractivity contribution in [3.63, 3.8) is 0 Å². The van der Waals surface area contributed by atoms with Gasteiger partial charge in [-0.1, -0.05) is 23.4 Å². The smallest absolute Gasteiger partial charge is 0.138 e. The fourth-order valence-corrected chi connectivity index (χ4v) is 1.73. The molecule has 0 atom stereocenters. The summed E-state index contributed by atoms with van der Waals surface area (Å²) < 4.78 is 10.7. The van der Waals surface area contributed by atoms with Crippen molar-refractivity contribution in [1.29, 1.82) is 0 Å². The molecule has 96 valence electrons. The summed E-state index contributed by atoms with van der Waals surface area (Å²) in [4.78, 5) is 0. The second kappa shape index (κ2) is 6.21. The molecule has 4 heteroatoms. The van der Waals surface area contributed by atoms with Crippen molar-refractivity contribution < 1.29 is 9.26 Å². The molecule has 0 aliphatic rings. The van der Waals surface area contributed by atoms with Crippen molar-refractivity contribution in [2.45, 2.75) is 20.4 Å². The fourth-order valence-electron chi connectivity index (χ4n) is 1.73. The van der Waals surface area contributed by atoms with E-state index in [1.165, 1.54) is 0 Å². The van der Waals surface area contributed by atoms with Crippen LogP contribution in [0, 0.1) is 13.8 Å². The van der Waals surface area contributed by atoms with E-state index in [1.807, 2.05) is 44.2 Å². The second-order valence-electron chi connectivity index (χ2n) is 4.14. The van der Waals surface area contributed by atoms with Gasteiger partial charge in [0.25, 0.3) is 0 Å². The molecule has 1 aromatic carbocycles. The molecule has 0 saturated heterocycles. The number of benzene rings is 1. The zero-order chi connectivity index (χ0) is 12.8. The predicted molar refractivity (Wildman–Crippen MR) is 69.6 cm³/mol. The van der Waals surface area contributed by atoms with Crippen LogP contribution in [0.15, 0.2) is 34.9 Å². The lowest BCUT2D eigenvalue weighted by Crippen LogP contribution is -2.21. The van der Waals surface area contributed by atoms with Crippen molar-refractivity contribution in [3.8, 4) is 5.75 Å². The summed E-state index contributed by atoms with van der Waals surface area (Å²) in [5, 5.41) is 7.23. The van der Waals surface area contributed by atoms with Crippen LogP contribution in [0.1, 0.15) is 17.0 Å². The highest BCUT2D eigenvalue weighted by molar-refractivity contribution is 5.21. The molecule has 0 aliphatic heterocycles. The molecule has 1 heterocycles. The van der Waals surface area contributed by atoms with E-state index in [0.29, 0.717) is 6.61 Å². The number of hydrogen-bond acceptors (Lipinski definition) is 4. The van der Waals surface area contributed by atoms with Crippen LogP contribution in [0.2, 0.25) is 0 Å². The Bertz CT molecular complexity index is 460. The highest BCUT2D eigenvalue weighted by Gasteiger charge is 2.07. The third-order valence-corrected chi connectivity index (χ3v) is 2.77. The number of rotatable bonds is 6. The molecule has 2 aromatic rings. The number of ether oxygens (including phenoxy) is 1. The second-order valence-corrected chi connectivity index (χ2v) is 4.14. The lowest BCUT2D eigenvalue weighted by atomic mass is 10.2. The third-order valence-electron chi connectivity index (χ3n) is 2.77. The van der Waals surface area contributed by atoms with Gasteiger partial charge in [0.1, 0.15) is 18.1 Å². The SMILES string of the molecule is Cc1noc(C)c1CNCCOc1ccccc1. The molecule has 0 fully saturated rings. The van der Waals surface area contributed by atoms with E-state index in [0.717, 1.165) is 35.9 Å². The minimum absolute atomic E-state index is 0.646. The van der Waals surface area contributed by atoms with Gasteiger partial charge >= 0.3 is 0 Å². The minimum Gasteiger partial charge on any atom is -0.492 e. The molecule has 0 amide bonds. The summed E-state index contributed by atoms with van der Waals surface area (Å²) in [6, 6.07) is 9.81. The van der Waals surface area contributed by atoms with E-state index in [4.69, 9.17) is 9.26 Å². The molecule has 18 heavy (non-hydrogen) atoms. The molecule has 0 aliphatic carbocycles. The molecule has 1 N–H and O–H groups in total. The van der Waals surface area contributed by atoms with E-state index in [1.54, 1.807) is 0 Å². The lowest BCUT2D eigenvalue weighted by molar-refractivity contribution is 0.313. The Kier molecular flexibility index (Phi) is 4.36. The maximum atomic E-state index is 5.58. The van der Waals surface area contributed by atoms with E-state index in [-0.39, 0.29) is 0 Å². The standard InChI is InChI=1S/C14H18N2O2/c1-11-14(12(2)18-16-11)10-15-8-9-17-13-6-4-3-5-7-13/h3-7,15H,8-10H2,1-2H3. The quantitative estimate of drug-likeness (QED) is 0.795. The topological polar surface area (TPSA) is 47.3 Å². The van der Waals surface area contributed by atoms with Crippen LogP contribution in [0.5, 0.6) is 5.75 Å². The van der Waals surface area contributed by atoms with Gasteiger partial charge in [-0.05, 0) is 26.0 Å². The van der Waals surface area contributed by atoms with E-state index in [2.05, 4.69) is 10.5 Å². The number of aromatic nitrogens is 1. The maximum Gasteiger partial charge on any atom is 0.138 e. The Morgan fingerprint density at radius 1 is 1.22 bits per heavy atom. The van der Waals surface area contributed by atoms with Crippen LogP contribution >= 0.6 is 0 Å². The number of para-hydroxylation sites is 1. The van der Waals surface area contributed by atoms with Crippen molar-refractivity contribution in [2.24, 2.45) is 0 Å². The number of nitrogens with zero attached hydrogens (tertiary/aromatic N) is 1. The van der Waals surface area contributed by atoms with Crippen LogP contribution in [-0.4, -0.2) is 18.3 Å². The Hall–Kier alpha value is -1.81. The van der Waals surface area contributed by atoms with Gasteiger partial charge in [-0.3, -0.25) is 0 Å². The fraction of sp³-hybridized carbons (Fsp3) is 0.357. The minimum atomic E-state index is 0.646. The van der Waals surface area contributed by atoms with Gasteiger partial charge in [0.2, 0.25) is 0 Å². The molecule has 0 bridgehead atoms. The van der Waals surface area contributed by atoms with Gasteiger partial charge in [-0.15, -0.1) is 0 Å².